The second-order valence-corrected chi connectivity index (χ2v) is 9.22. The highest BCUT2D eigenvalue weighted by atomic mass is 127. The minimum Gasteiger partial charge on any atom is -0.324 e. The molecule has 0 saturated carbocycles. The average Bonchev–Trinajstić information content (AvgIpc) is 2.48. The van der Waals surface area contributed by atoms with Gasteiger partial charge in [-0.1, -0.05) is 17.7 Å². The van der Waals surface area contributed by atoms with Crippen LogP contribution in [0.15, 0.2) is 36.4 Å². The molecule has 1 N–H and O–H groups in total. The first kappa shape index (κ1) is 19.7. The van der Waals surface area contributed by atoms with E-state index in [0.717, 1.165) is 36.5 Å². The molecule has 0 aliphatic rings. The van der Waals surface area contributed by atoms with E-state index in [9.17, 15) is 13.2 Å². The van der Waals surface area contributed by atoms with Crippen LogP contribution in [0.4, 0.5) is 11.4 Å². The van der Waals surface area contributed by atoms with Crippen molar-refractivity contribution in [1.82, 2.24) is 0 Å². The van der Waals surface area contributed by atoms with Gasteiger partial charge in [0.15, 0.2) is 0 Å². The van der Waals surface area contributed by atoms with Gasteiger partial charge in [-0.05, 0) is 78.8 Å². The highest BCUT2D eigenvalue weighted by Crippen LogP contribution is 2.23. The van der Waals surface area contributed by atoms with Gasteiger partial charge in [-0.3, -0.25) is 9.10 Å². The summed E-state index contributed by atoms with van der Waals surface area (Å²) in [5, 5.41) is 2.84. The molecular weight excluding hydrogens is 451 g/mol. The fourth-order valence-corrected chi connectivity index (χ4v) is 3.91. The number of carbonyl (C=O) groups excluding carboxylic acids is 1. The van der Waals surface area contributed by atoms with Gasteiger partial charge in [-0.15, -0.1) is 0 Å². The molecule has 2 aromatic rings. The van der Waals surface area contributed by atoms with Crippen LogP contribution in [-0.2, 0) is 14.8 Å². The number of halogens is 1. The zero-order valence-electron chi connectivity index (χ0n) is 14.6. The van der Waals surface area contributed by atoms with Gasteiger partial charge < -0.3 is 5.32 Å². The predicted molar refractivity (Wildman–Crippen MR) is 111 cm³/mol. The third kappa shape index (κ3) is 5.18. The number of sulfonamides is 1. The molecule has 1 amide bonds. The number of anilines is 2. The smallest absolute Gasteiger partial charge is 0.245 e. The van der Waals surface area contributed by atoms with Crippen LogP contribution < -0.4 is 9.62 Å². The maximum Gasteiger partial charge on any atom is 0.245 e. The van der Waals surface area contributed by atoms with E-state index in [0.29, 0.717) is 5.69 Å². The minimum atomic E-state index is -3.58. The molecule has 0 radical (unpaired) electrons. The number of rotatable bonds is 5. The number of amides is 1. The maximum atomic E-state index is 12.5. The summed E-state index contributed by atoms with van der Waals surface area (Å²) in [7, 11) is -3.58. The van der Waals surface area contributed by atoms with Crippen LogP contribution in [0.25, 0.3) is 0 Å². The lowest BCUT2D eigenvalue weighted by atomic mass is 10.1. The fourth-order valence-electron chi connectivity index (χ4n) is 2.69. The summed E-state index contributed by atoms with van der Waals surface area (Å²) in [6.07, 6.45) is 1.10. The topological polar surface area (TPSA) is 66.5 Å². The summed E-state index contributed by atoms with van der Waals surface area (Å²) in [4.78, 5) is 12.5. The molecule has 25 heavy (non-hydrogen) atoms. The Morgan fingerprint density at radius 1 is 1.08 bits per heavy atom. The van der Waals surface area contributed by atoms with Gasteiger partial charge in [0.1, 0.15) is 6.54 Å². The normalized spacial score (nSPS) is 11.2. The van der Waals surface area contributed by atoms with Gasteiger partial charge in [0, 0.05) is 9.26 Å². The summed E-state index contributed by atoms with van der Waals surface area (Å²) in [6.45, 7) is 5.56. The zero-order chi connectivity index (χ0) is 18.8. The van der Waals surface area contributed by atoms with Crippen LogP contribution in [0.1, 0.15) is 16.7 Å². The van der Waals surface area contributed by atoms with E-state index in [1.54, 1.807) is 24.3 Å². The van der Waals surface area contributed by atoms with Crippen LogP contribution in [0.3, 0.4) is 0 Å². The van der Waals surface area contributed by atoms with Crippen molar-refractivity contribution in [3.63, 3.8) is 0 Å². The Morgan fingerprint density at radius 2 is 1.60 bits per heavy atom. The third-order valence-corrected chi connectivity index (χ3v) is 5.60. The van der Waals surface area contributed by atoms with Gasteiger partial charge in [0.25, 0.3) is 0 Å². The van der Waals surface area contributed by atoms with Crippen LogP contribution in [-0.4, -0.2) is 27.1 Å². The first-order valence-corrected chi connectivity index (χ1v) is 10.6. The summed E-state index contributed by atoms with van der Waals surface area (Å²) >= 11 is 2.14. The molecule has 0 heterocycles. The lowest BCUT2D eigenvalue weighted by Gasteiger charge is -2.22. The Balaban J connectivity index is 2.25. The largest absolute Gasteiger partial charge is 0.324 e. The Bertz CT molecular complexity index is 870. The number of aryl methyl sites for hydroxylation is 3. The molecule has 0 bridgehead atoms. The van der Waals surface area contributed by atoms with Gasteiger partial charge in [0.2, 0.25) is 15.9 Å². The van der Waals surface area contributed by atoms with Crippen LogP contribution in [0.5, 0.6) is 0 Å². The zero-order valence-corrected chi connectivity index (χ0v) is 17.6. The molecule has 0 saturated heterocycles. The lowest BCUT2D eigenvalue weighted by Crippen LogP contribution is -2.37. The van der Waals surface area contributed by atoms with Crippen molar-refractivity contribution >= 4 is 49.9 Å². The second-order valence-electron chi connectivity index (χ2n) is 6.07. The average molecular weight is 472 g/mol. The molecule has 0 atom stereocenters. The lowest BCUT2D eigenvalue weighted by molar-refractivity contribution is -0.114. The van der Waals surface area contributed by atoms with E-state index < -0.39 is 10.0 Å². The Morgan fingerprint density at radius 3 is 2.08 bits per heavy atom. The second kappa shape index (κ2) is 7.74. The minimum absolute atomic E-state index is 0.272. The van der Waals surface area contributed by atoms with Crippen LogP contribution in [0.2, 0.25) is 0 Å². The molecule has 7 heteroatoms. The first-order chi connectivity index (χ1) is 11.6. The standard InChI is InChI=1S/C18H21IN2O3S/c1-12-9-13(2)18(14(3)10-12)20-17(22)11-21(25(4,23)24)16-7-5-15(19)6-8-16/h5-10H,11H2,1-4H3,(H,20,22). The van der Waals surface area contributed by atoms with Crippen LogP contribution in [0, 0.1) is 24.3 Å². The van der Waals surface area contributed by atoms with Crippen molar-refractivity contribution < 1.29 is 13.2 Å². The fraction of sp³-hybridized carbons (Fsp3) is 0.278. The van der Waals surface area contributed by atoms with E-state index >= 15 is 0 Å². The van der Waals surface area contributed by atoms with Gasteiger partial charge >= 0.3 is 0 Å². The molecule has 2 aromatic carbocycles. The molecule has 5 nitrogen and oxygen atoms in total. The van der Waals surface area contributed by atoms with E-state index in [1.165, 1.54) is 0 Å². The molecule has 0 aliphatic heterocycles. The van der Waals surface area contributed by atoms with Gasteiger partial charge in [0.05, 0.1) is 11.9 Å². The number of hydrogen-bond acceptors (Lipinski definition) is 3. The van der Waals surface area contributed by atoms with Gasteiger partial charge in [-0.2, -0.15) is 0 Å². The van der Waals surface area contributed by atoms with Crippen molar-refractivity contribution in [2.45, 2.75) is 20.8 Å². The van der Waals surface area contributed by atoms with Crippen molar-refractivity contribution in [3.05, 3.63) is 56.7 Å². The predicted octanol–water partition coefficient (Wildman–Crippen LogP) is 3.62. The molecule has 0 aliphatic carbocycles. The summed E-state index contributed by atoms with van der Waals surface area (Å²) in [5.74, 6) is -0.376. The van der Waals surface area contributed by atoms with Crippen molar-refractivity contribution in [2.75, 3.05) is 22.4 Å². The highest BCUT2D eigenvalue weighted by molar-refractivity contribution is 14.1. The third-order valence-electron chi connectivity index (χ3n) is 3.74. The number of benzene rings is 2. The molecule has 0 spiro atoms. The Labute approximate surface area is 162 Å². The van der Waals surface area contributed by atoms with Crippen LogP contribution >= 0.6 is 22.6 Å². The highest BCUT2D eigenvalue weighted by Gasteiger charge is 2.21. The quantitative estimate of drug-likeness (QED) is 0.677. The van der Waals surface area contributed by atoms with Gasteiger partial charge in [-0.25, -0.2) is 8.42 Å². The number of nitrogens with one attached hydrogen (secondary N) is 1. The summed E-state index contributed by atoms with van der Waals surface area (Å²) in [6, 6.07) is 11.0. The van der Waals surface area contributed by atoms with E-state index in [-0.39, 0.29) is 12.5 Å². The molecule has 2 rings (SSSR count). The Hall–Kier alpha value is -1.61. The molecule has 0 fully saturated rings. The monoisotopic (exact) mass is 472 g/mol. The molecule has 0 unspecified atom stereocenters. The van der Waals surface area contributed by atoms with E-state index in [2.05, 4.69) is 27.9 Å². The number of hydrogen-bond donors (Lipinski definition) is 1. The molecular formula is C18H21IN2O3S. The van der Waals surface area contributed by atoms with Crippen molar-refractivity contribution in [1.29, 1.82) is 0 Å². The summed E-state index contributed by atoms with van der Waals surface area (Å²) < 4.78 is 26.4. The molecule has 0 aromatic heterocycles. The Kier molecular flexibility index (Phi) is 6.10. The van der Waals surface area contributed by atoms with E-state index in [4.69, 9.17) is 0 Å². The number of carbonyl (C=O) groups is 1. The molecule has 134 valence electrons. The SMILES string of the molecule is Cc1cc(C)c(NC(=O)CN(c2ccc(I)cc2)S(C)(=O)=O)c(C)c1. The van der Waals surface area contributed by atoms with Crippen molar-refractivity contribution in [3.8, 4) is 0 Å². The summed E-state index contributed by atoms with van der Waals surface area (Å²) in [5.41, 5.74) is 4.21. The first-order valence-electron chi connectivity index (χ1n) is 7.69. The number of nitrogens with zero attached hydrogens (tertiary/aromatic N) is 1. The maximum absolute atomic E-state index is 12.5. The van der Waals surface area contributed by atoms with E-state index in [1.807, 2.05) is 32.9 Å². The van der Waals surface area contributed by atoms with Crippen molar-refractivity contribution in [2.24, 2.45) is 0 Å².